The third kappa shape index (κ3) is 4.09. The van der Waals surface area contributed by atoms with Gasteiger partial charge in [0.05, 0.1) is 22.8 Å². The molecule has 3 aliphatic rings. The van der Waals surface area contributed by atoms with Crippen LogP contribution in [0.5, 0.6) is 0 Å². The lowest BCUT2D eigenvalue weighted by atomic mass is 9.69. The van der Waals surface area contributed by atoms with Crippen LogP contribution in [0.1, 0.15) is 68.1 Å². The number of nitrogens with zero attached hydrogens (tertiary/aromatic N) is 3. The van der Waals surface area contributed by atoms with E-state index in [2.05, 4.69) is 37.8 Å². The lowest BCUT2D eigenvalue weighted by Gasteiger charge is -2.42. The van der Waals surface area contributed by atoms with Gasteiger partial charge in [-0.15, -0.1) is 0 Å². The van der Waals surface area contributed by atoms with Crippen LogP contribution in [0, 0.1) is 26.2 Å². The first-order valence-electron chi connectivity index (χ1n) is 12.9. The number of benzene rings is 2. The molecule has 1 amide bonds. The van der Waals surface area contributed by atoms with Gasteiger partial charge in [0.1, 0.15) is 5.84 Å². The molecule has 1 spiro atoms. The standard InChI is InChI=1S/C29H36ClN3O/c1-20-18-21(2)25(22(3)19-20)31-27-26(32-16-8-5-9-17-32)29(14-6-4-7-15-29)28(34)33(27)24-12-10-23(30)11-13-24/h10-13,18-19,26H,4-9,14-17H2,1-3H3/t26-/m1/s1. The molecular weight excluding hydrogens is 442 g/mol. The number of amidine groups is 1. The molecule has 3 fully saturated rings. The molecule has 2 aliphatic heterocycles. The average Bonchev–Trinajstić information content (AvgIpc) is 3.05. The highest BCUT2D eigenvalue weighted by Crippen LogP contribution is 2.50. The van der Waals surface area contributed by atoms with Gasteiger partial charge in [-0.3, -0.25) is 14.6 Å². The minimum absolute atomic E-state index is 0.0244. The Hall–Kier alpha value is -2.17. The van der Waals surface area contributed by atoms with Crippen molar-refractivity contribution in [3.8, 4) is 0 Å². The van der Waals surface area contributed by atoms with Crippen LogP contribution in [-0.2, 0) is 4.79 Å². The van der Waals surface area contributed by atoms with E-state index in [0.29, 0.717) is 5.02 Å². The van der Waals surface area contributed by atoms with Gasteiger partial charge >= 0.3 is 0 Å². The molecule has 2 heterocycles. The van der Waals surface area contributed by atoms with E-state index in [4.69, 9.17) is 16.6 Å². The van der Waals surface area contributed by atoms with Gasteiger partial charge < -0.3 is 0 Å². The average molecular weight is 478 g/mol. The molecular formula is C29H36ClN3O. The van der Waals surface area contributed by atoms with Gasteiger partial charge in [-0.1, -0.05) is 55.0 Å². The monoisotopic (exact) mass is 477 g/mol. The second-order valence-electron chi connectivity index (χ2n) is 10.6. The van der Waals surface area contributed by atoms with E-state index in [1.807, 2.05) is 29.2 Å². The van der Waals surface area contributed by atoms with E-state index in [-0.39, 0.29) is 17.4 Å². The van der Waals surface area contributed by atoms with E-state index in [9.17, 15) is 4.79 Å². The second-order valence-corrected chi connectivity index (χ2v) is 11.0. The molecule has 2 aromatic carbocycles. The maximum absolute atomic E-state index is 14.4. The Labute approximate surface area is 209 Å². The summed E-state index contributed by atoms with van der Waals surface area (Å²) in [4.78, 5) is 24.3. The Morgan fingerprint density at radius 2 is 1.47 bits per heavy atom. The van der Waals surface area contributed by atoms with Crippen molar-refractivity contribution in [2.75, 3.05) is 18.0 Å². The summed E-state index contributed by atoms with van der Waals surface area (Å²) in [5.74, 6) is 1.14. The predicted octanol–water partition coefficient (Wildman–Crippen LogP) is 7.15. The molecule has 5 heteroatoms. The summed E-state index contributed by atoms with van der Waals surface area (Å²) in [6, 6.07) is 12.1. The second kappa shape index (κ2) is 9.47. The summed E-state index contributed by atoms with van der Waals surface area (Å²) in [5.41, 5.74) is 5.06. The molecule has 0 N–H and O–H groups in total. The van der Waals surface area contributed by atoms with Crippen molar-refractivity contribution in [1.29, 1.82) is 0 Å². The molecule has 34 heavy (non-hydrogen) atoms. The van der Waals surface area contributed by atoms with Crippen LogP contribution < -0.4 is 4.90 Å². The molecule has 180 valence electrons. The lowest BCUT2D eigenvalue weighted by Crippen LogP contribution is -2.52. The number of halogens is 1. The number of carbonyl (C=O) groups excluding carboxylic acids is 1. The van der Waals surface area contributed by atoms with Gasteiger partial charge in [0.2, 0.25) is 5.91 Å². The number of likely N-dealkylation sites (tertiary alicyclic amines) is 1. The van der Waals surface area contributed by atoms with E-state index in [1.165, 1.54) is 31.2 Å². The number of anilines is 1. The number of piperidine rings is 1. The van der Waals surface area contributed by atoms with Crippen LogP contribution >= 0.6 is 11.6 Å². The fraction of sp³-hybridized carbons (Fsp3) is 0.517. The Morgan fingerprint density at radius 3 is 2.09 bits per heavy atom. The van der Waals surface area contributed by atoms with Gasteiger partial charge in [-0.05, 0) is 94.9 Å². The lowest BCUT2D eigenvalue weighted by molar-refractivity contribution is -0.130. The maximum Gasteiger partial charge on any atom is 0.240 e. The first-order valence-corrected chi connectivity index (χ1v) is 13.3. The van der Waals surface area contributed by atoms with E-state index in [0.717, 1.165) is 67.1 Å². The van der Waals surface area contributed by atoms with Gasteiger partial charge in [0, 0.05) is 5.02 Å². The van der Waals surface area contributed by atoms with Crippen molar-refractivity contribution in [3.05, 3.63) is 58.1 Å². The van der Waals surface area contributed by atoms with Crippen LogP contribution in [0.15, 0.2) is 41.4 Å². The van der Waals surface area contributed by atoms with Crippen molar-refractivity contribution in [2.24, 2.45) is 10.4 Å². The summed E-state index contributed by atoms with van der Waals surface area (Å²) in [7, 11) is 0. The van der Waals surface area contributed by atoms with Gasteiger partial charge in [0.15, 0.2) is 0 Å². The highest BCUT2D eigenvalue weighted by molar-refractivity contribution is 6.31. The van der Waals surface area contributed by atoms with Crippen LogP contribution in [0.25, 0.3) is 0 Å². The van der Waals surface area contributed by atoms with E-state index < -0.39 is 0 Å². The minimum Gasteiger partial charge on any atom is -0.293 e. The quantitative estimate of drug-likeness (QED) is 0.470. The summed E-state index contributed by atoms with van der Waals surface area (Å²) in [6.45, 7) is 8.48. The Balaban J connectivity index is 1.72. The summed E-state index contributed by atoms with van der Waals surface area (Å²) in [5, 5.41) is 0.680. The topological polar surface area (TPSA) is 35.9 Å². The molecule has 2 saturated heterocycles. The first-order chi connectivity index (χ1) is 16.4. The summed E-state index contributed by atoms with van der Waals surface area (Å²) >= 11 is 6.23. The zero-order valence-electron chi connectivity index (χ0n) is 20.7. The molecule has 0 aromatic heterocycles. The fourth-order valence-electron chi connectivity index (χ4n) is 6.59. The third-order valence-electron chi connectivity index (χ3n) is 8.07. The third-order valence-corrected chi connectivity index (χ3v) is 8.33. The van der Waals surface area contributed by atoms with Crippen molar-refractivity contribution < 1.29 is 4.79 Å². The first kappa shape index (κ1) is 23.6. The van der Waals surface area contributed by atoms with Gasteiger partial charge in [-0.25, -0.2) is 4.99 Å². The number of rotatable bonds is 3. The van der Waals surface area contributed by atoms with Crippen LogP contribution in [0.3, 0.4) is 0 Å². The maximum atomic E-state index is 14.4. The zero-order chi connectivity index (χ0) is 23.9. The Kier molecular flexibility index (Phi) is 6.56. The number of hydrogen-bond donors (Lipinski definition) is 0. The number of carbonyl (C=O) groups is 1. The predicted molar refractivity (Wildman–Crippen MR) is 141 cm³/mol. The Bertz CT molecular complexity index is 1070. The molecule has 1 saturated carbocycles. The SMILES string of the molecule is Cc1cc(C)c(N=C2[C@@H](N3CCCCC3)C3(CCCCC3)C(=O)N2c2ccc(Cl)cc2)c(C)c1. The molecule has 5 rings (SSSR count). The van der Waals surface area contributed by atoms with Crippen molar-refractivity contribution in [1.82, 2.24) is 4.90 Å². The van der Waals surface area contributed by atoms with Crippen molar-refractivity contribution in [3.63, 3.8) is 0 Å². The smallest absolute Gasteiger partial charge is 0.240 e. The van der Waals surface area contributed by atoms with Crippen molar-refractivity contribution >= 4 is 34.7 Å². The largest absolute Gasteiger partial charge is 0.293 e. The van der Waals surface area contributed by atoms with E-state index in [1.54, 1.807) is 0 Å². The molecule has 1 atom stereocenters. The van der Waals surface area contributed by atoms with Crippen LogP contribution in [0.2, 0.25) is 5.02 Å². The molecule has 0 bridgehead atoms. The Morgan fingerprint density at radius 1 is 0.882 bits per heavy atom. The highest BCUT2D eigenvalue weighted by Gasteiger charge is 2.60. The zero-order valence-corrected chi connectivity index (χ0v) is 21.5. The fourth-order valence-corrected chi connectivity index (χ4v) is 6.71. The minimum atomic E-state index is -0.388. The van der Waals surface area contributed by atoms with Crippen LogP contribution in [0.4, 0.5) is 11.4 Å². The normalized spacial score (nSPS) is 24.4. The summed E-state index contributed by atoms with van der Waals surface area (Å²) in [6.07, 6.45) is 8.99. The molecule has 0 radical (unpaired) electrons. The van der Waals surface area contributed by atoms with Crippen molar-refractivity contribution in [2.45, 2.75) is 78.2 Å². The molecule has 0 unspecified atom stereocenters. The van der Waals surface area contributed by atoms with Gasteiger partial charge in [0.25, 0.3) is 0 Å². The number of aryl methyl sites for hydroxylation is 3. The molecule has 2 aromatic rings. The number of hydrogen-bond acceptors (Lipinski definition) is 3. The molecule has 1 aliphatic carbocycles. The highest BCUT2D eigenvalue weighted by atomic mass is 35.5. The summed E-state index contributed by atoms with van der Waals surface area (Å²) < 4.78 is 0. The van der Waals surface area contributed by atoms with Gasteiger partial charge in [-0.2, -0.15) is 0 Å². The number of aliphatic imine (C=N–C) groups is 1. The molecule has 4 nitrogen and oxygen atoms in total. The number of amides is 1. The van der Waals surface area contributed by atoms with Crippen LogP contribution in [-0.4, -0.2) is 35.8 Å². The van der Waals surface area contributed by atoms with E-state index >= 15 is 0 Å².